The fourth-order valence-electron chi connectivity index (χ4n) is 2.96. The number of hydrogen-bond donors (Lipinski definition) is 2. The van der Waals surface area contributed by atoms with E-state index < -0.39 is 0 Å². The van der Waals surface area contributed by atoms with Crippen molar-refractivity contribution in [2.45, 2.75) is 13.0 Å². The molecule has 0 saturated heterocycles. The molecule has 2 aromatic carbocycles. The average molecular weight is 392 g/mol. The Bertz CT molecular complexity index is 1030. The lowest BCUT2D eigenvalue weighted by Gasteiger charge is -2.26. The number of hydrogen-bond acceptors (Lipinski definition) is 5. The molecule has 0 spiro atoms. The summed E-state index contributed by atoms with van der Waals surface area (Å²) in [5.74, 6) is 0.929. The molecule has 4 rings (SSSR count). The van der Waals surface area contributed by atoms with E-state index in [0.29, 0.717) is 35.9 Å². The molecule has 0 aliphatic carbocycles. The Morgan fingerprint density at radius 1 is 1.03 bits per heavy atom. The van der Waals surface area contributed by atoms with Gasteiger partial charge in [0, 0.05) is 11.3 Å². The lowest BCUT2D eigenvalue weighted by molar-refractivity contribution is 0.0789. The van der Waals surface area contributed by atoms with Crippen LogP contribution in [0.25, 0.3) is 0 Å². The first-order valence-corrected chi connectivity index (χ1v) is 9.22. The minimum absolute atomic E-state index is 0.203. The van der Waals surface area contributed by atoms with Crippen LogP contribution in [0, 0.1) is 6.92 Å². The largest absolute Gasteiger partial charge is 0.486 e. The first-order chi connectivity index (χ1) is 14.1. The van der Waals surface area contributed by atoms with Crippen LogP contribution >= 0.6 is 0 Å². The third-order valence-electron chi connectivity index (χ3n) is 4.55. The van der Waals surface area contributed by atoms with Crippen molar-refractivity contribution >= 4 is 17.5 Å². The van der Waals surface area contributed by atoms with E-state index in [9.17, 15) is 9.59 Å². The molecule has 1 unspecified atom stereocenters. The normalized spacial score (nSPS) is 14.9. The van der Waals surface area contributed by atoms with Crippen molar-refractivity contribution in [1.29, 1.82) is 0 Å². The van der Waals surface area contributed by atoms with Crippen LogP contribution in [0.15, 0.2) is 65.3 Å². The van der Waals surface area contributed by atoms with Crippen LogP contribution in [0.5, 0.6) is 11.5 Å². The molecule has 1 aliphatic rings. The van der Waals surface area contributed by atoms with Crippen LogP contribution in [0.3, 0.4) is 0 Å². The van der Waals surface area contributed by atoms with E-state index in [4.69, 9.17) is 13.9 Å². The maximum Gasteiger partial charge on any atom is 0.291 e. The van der Waals surface area contributed by atoms with Crippen LogP contribution < -0.4 is 20.1 Å². The fraction of sp³-hybridized carbons (Fsp3) is 0.182. The van der Waals surface area contributed by atoms with Crippen molar-refractivity contribution in [2.24, 2.45) is 0 Å². The standard InChI is InChI=1S/C22H20N2O5/c1-14-8-9-15(11-17(14)24-22(26)20-7-4-10-27-20)21(25)23-12-16-13-28-18-5-2-3-6-19(18)29-16/h2-11,16H,12-13H2,1H3,(H,23,25)(H,24,26). The number of amides is 2. The molecule has 0 radical (unpaired) electrons. The first kappa shape index (κ1) is 18.6. The molecule has 3 aromatic rings. The van der Waals surface area contributed by atoms with Gasteiger partial charge in [-0.2, -0.15) is 0 Å². The second kappa shape index (κ2) is 8.10. The minimum atomic E-state index is -0.373. The van der Waals surface area contributed by atoms with E-state index in [0.717, 1.165) is 5.56 Å². The monoisotopic (exact) mass is 392 g/mol. The molecule has 1 aromatic heterocycles. The zero-order chi connectivity index (χ0) is 20.2. The summed E-state index contributed by atoms with van der Waals surface area (Å²) in [6, 6.07) is 15.8. The topological polar surface area (TPSA) is 89.8 Å². The zero-order valence-corrected chi connectivity index (χ0v) is 15.8. The highest BCUT2D eigenvalue weighted by atomic mass is 16.6. The average Bonchev–Trinajstić information content (AvgIpc) is 3.28. The van der Waals surface area contributed by atoms with E-state index in [1.165, 1.54) is 6.26 Å². The molecule has 0 bridgehead atoms. The Kier molecular flexibility index (Phi) is 5.20. The van der Waals surface area contributed by atoms with E-state index in [2.05, 4.69) is 10.6 Å². The molecule has 7 heteroatoms. The van der Waals surface area contributed by atoms with Crippen LogP contribution in [-0.2, 0) is 0 Å². The third-order valence-corrected chi connectivity index (χ3v) is 4.55. The highest BCUT2D eigenvalue weighted by Gasteiger charge is 2.21. The second-order valence-electron chi connectivity index (χ2n) is 6.67. The predicted octanol–water partition coefficient (Wildman–Crippen LogP) is 3.41. The number of fused-ring (bicyclic) bond motifs is 1. The summed E-state index contributed by atoms with van der Waals surface area (Å²) in [4.78, 5) is 24.8. The molecule has 29 heavy (non-hydrogen) atoms. The molecular formula is C22H20N2O5. The number of carbonyl (C=O) groups excluding carboxylic acids is 2. The number of carbonyl (C=O) groups is 2. The predicted molar refractivity (Wildman–Crippen MR) is 107 cm³/mol. The minimum Gasteiger partial charge on any atom is -0.486 e. The molecule has 2 N–H and O–H groups in total. The number of furan rings is 1. The molecule has 148 valence electrons. The van der Waals surface area contributed by atoms with Gasteiger partial charge in [0.25, 0.3) is 11.8 Å². The molecular weight excluding hydrogens is 372 g/mol. The Labute approximate surface area is 167 Å². The van der Waals surface area contributed by atoms with Gasteiger partial charge in [-0.15, -0.1) is 0 Å². The summed E-state index contributed by atoms with van der Waals surface area (Å²) >= 11 is 0. The van der Waals surface area contributed by atoms with E-state index in [1.54, 1.807) is 30.3 Å². The number of benzene rings is 2. The third kappa shape index (κ3) is 4.24. The van der Waals surface area contributed by atoms with Crippen molar-refractivity contribution < 1.29 is 23.5 Å². The van der Waals surface area contributed by atoms with Gasteiger partial charge in [0.2, 0.25) is 0 Å². The van der Waals surface area contributed by atoms with E-state index >= 15 is 0 Å². The summed E-state index contributed by atoms with van der Waals surface area (Å²) < 4.78 is 16.6. The van der Waals surface area contributed by atoms with Gasteiger partial charge in [-0.05, 0) is 48.9 Å². The molecule has 2 heterocycles. The number of aryl methyl sites for hydroxylation is 1. The number of nitrogens with one attached hydrogen (secondary N) is 2. The Balaban J connectivity index is 1.38. The molecule has 0 saturated carbocycles. The number of anilines is 1. The van der Waals surface area contributed by atoms with Crippen LogP contribution in [0.1, 0.15) is 26.5 Å². The SMILES string of the molecule is Cc1ccc(C(=O)NCC2COc3ccccc3O2)cc1NC(=O)c1ccco1. The highest BCUT2D eigenvalue weighted by molar-refractivity contribution is 6.03. The maximum atomic E-state index is 12.6. The van der Waals surface area contributed by atoms with E-state index in [-0.39, 0.29) is 23.7 Å². The van der Waals surface area contributed by atoms with Gasteiger partial charge in [-0.3, -0.25) is 9.59 Å². The fourth-order valence-corrected chi connectivity index (χ4v) is 2.96. The van der Waals surface area contributed by atoms with Gasteiger partial charge in [-0.1, -0.05) is 18.2 Å². The van der Waals surface area contributed by atoms with Crippen LogP contribution in [-0.4, -0.2) is 31.1 Å². The smallest absolute Gasteiger partial charge is 0.291 e. The lowest BCUT2D eigenvalue weighted by Crippen LogP contribution is -2.40. The summed E-state index contributed by atoms with van der Waals surface area (Å²) in [6.45, 7) is 2.51. The van der Waals surface area contributed by atoms with Gasteiger partial charge in [0.1, 0.15) is 12.7 Å². The summed E-state index contributed by atoms with van der Waals surface area (Å²) in [6.07, 6.45) is 1.15. The number of ether oxygens (including phenoxy) is 2. The van der Waals surface area contributed by atoms with Gasteiger partial charge >= 0.3 is 0 Å². The quantitative estimate of drug-likeness (QED) is 0.695. The Morgan fingerprint density at radius 3 is 2.66 bits per heavy atom. The highest BCUT2D eigenvalue weighted by Crippen LogP contribution is 2.30. The van der Waals surface area contributed by atoms with Crippen molar-refractivity contribution in [3.05, 3.63) is 77.7 Å². The summed E-state index contributed by atoms with van der Waals surface area (Å²) in [5, 5.41) is 5.62. The molecule has 7 nitrogen and oxygen atoms in total. The molecule has 1 aliphatic heterocycles. The second-order valence-corrected chi connectivity index (χ2v) is 6.67. The van der Waals surface area contributed by atoms with Crippen LogP contribution in [0.2, 0.25) is 0 Å². The summed E-state index contributed by atoms with van der Waals surface area (Å²) in [5.41, 5.74) is 1.81. The molecule has 0 fully saturated rings. The lowest BCUT2D eigenvalue weighted by atomic mass is 10.1. The van der Waals surface area contributed by atoms with Crippen molar-refractivity contribution in [3.63, 3.8) is 0 Å². The zero-order valence-electron chi connectivity index (χ0n) is 15.8. The molecule has 1 atom stereocenters. The van der Waals surface area contributed by atoms with Crippen molar-refractivity contribution in [1.82, 2.24) is 5.32 Å². The van der Waals surface area contributed by atoms with Gasteiger partial charge in [-0.25, -0.2) is 0 Å². The van der Waals surface area contributed by atoms with Gasteiger partial charge in [0.15, 0.2) is 17.3 Å². The summed E-state index contributed by atoms with van der Waals surface area (Å²) in [7, 11) is 0. The Morgan fingerprint density at radius 2 is 1.86 bits per heavy atom. The Hall–Kier alpha value is -3.74. The van der Waals surface area contributed by atoms with Crippen molar-refractivity contribution in [3.8, 4) is 11.5 Å². The molecule has 2 amide bonds. The van der Waals surface area contributed by atoms with Gasteiger partial charge in [0.05, 0.1) is 12.8 Å². The number of rotatable bonds is 5. The van der Waals surface area contributed by atoms with E-state index in [1.807, 2.05) is 31.2 Å². The van der Waals surface area contributed by atoms with Gasteiger partial charge < -0.3 is 24.5 Å². The van der Waals surface area contributed by atoms with Crippen molar-refractivity contribution in [2.75, 3.05) is 18.5 Å². The first-order valence-electron chi connectivity index (χ1n) is 9.22. The number of para-hydroxylation sites is 2. The van der Waals surface area contributed by atoms with Crippen LogP contribution in [0.4, 0.5) is 5.69 Å². The maximum absolute atomic E-state index is 12.6.